The molecule has 0 amide bonds. The summed E-state index contributed by atoms with van der Waals surface area (Å²) in [5, 5.41) is 8.37. The highest BCUT2D eigenvalue weighted by atomic mass is 16.5. The van der Waals surface area contributed by atoms with Crippen molar-refractivity contribution < 1.29 is 4.74 Å². The lowest BCUT2D eigenvalue weighted by molar-refractivity contribution is -0.0127. The van der Waals surface area contributed by atoms with Crippen LogP contribution >= 0.6 is 0 Å². The molecule has 56 valence electrons. The summed E-state index contributed by atoms with van der Waals surface area (Å²) >= 11 is 0. The minimum Gasteiger partial charge on any atom is -0.371 e. The standard InChI is InChI=1S/C8H13NO/c1-8(2)5-3-7(10-8)4-6-9/h7H,3-5H2,1-2H3. The molecule has 1 saturated heterocycles. The predicted molar refractivity (Wildman–Crippen MR) is 38.4 cm³/mol. The van der Waals surface area contributed by atoms with E-state index in [0.717, 1.165) is 12.8 Å². The average molecular weight is 139 g/mol. The van der Waals surface area contributed by atoms with Crippen LogP contribution in [0.25, 0.3) is 0 Å². The second-order valence-electron chi connectivity index (χ2n) is 3.40. The van der Waals surface area contributed by atoms with Crippen LogP contribution in [0, 0.1) is 11.3 Å². The predicted octanol–water partition coefficient (Wildman–Crippen LogP) is 1.86. The molecule has 1 heterocycles. The van der Waals surface area contributed by atoms with Crippen LogP contribution in [0.5, 0.6) is 0 Å². The minimum atomic E-state index is 0.0154. The maximum absolute atomic E-state index is 8.37. The molecule has 10 heavy (non-hydrogen) atoms. The first-order valence-electron chi connectivity index (χ1n) is 3.69. The first kappa shape index (κ1) is 7.56. The van der Waals surface area contributed by atoms with Gasteiger partial charge < -0.3 is 4.74 Å². The first-order chi connectivity index (χ1) is 4.64. The third-order valence-corrected chi connectivity index (χ3v) is 1.87. The van der Waals surface area contributed by atoms with Crippen molar-refractivity contribution in [3.63, 3.8) is 0 Å². The van der Waals surface area contributed by atoms with Gasteiger partial charge in [0.1, 0.15) is 0 Å². The summed E-state index contributed by atoms with van der Waals surface area (Å²) in [6.07, 6.45) is 2.86. The van der Waals surface area contributed by atoms with E-state index in [4.69, 9.17) is 10.00 Å². The van der Waals surface area contributed by atoms with Gasteiger partial charge >= 0.3 is 0 Å². The van der Waals surface area contributed by atoms with E-state index in [2.05, 4.69) is 19.9 Å². The Labute approximate surface area is 61.8 Å². The van der Waals surface area contributed by atoms with Gasteiger partial charge in [-0.05, 0) is 26.7 Å². The zero-order valence-electron chi connectivity index (χ0n) is 6.55. The molecule has 1 unspecified atom stereocenters. The van der Waals surface area contributed by atoms with Gasteiger partial charge in [0.05, 0.1) is 24.2 Å². The van der Waals surface area contributed by atoms with E-state index < -0.39 is 0 Å². The molecular weight excluding hydrogens is 126 g/mol. The van der Waals surface area contributed by atoms with Crippen LogP contribution in [0.2, 0.25) is 0 Å². The summed E-state index contributed by atoms with van der Waals surface area (Å²) in [6.45, 7) is 4.15. The van der Waals surface area contributed by atoms with Crippen molar-refractivity contribution >= 4 is 0 Å². The van der Waals surface area contributed by atoms with Gasteiger partial charge in [-0.2, -0.15) is 5.26 Å². The van der Waals surface area contributed by atoms with Gasteiger partial charge in [-0.15, -0.1) is 0 Å². The van der Waals surface area contributed by atoms with E-state index in [1.54, 1.807) is 0 Å². The monoisotopic (exact) mass is 139 g/mol. The van der Waals surface area contributed by atoms with Crippen LogP contribution < -0.4 is 0 Å². The van der Waals surface area contributed by atoms with Crippen LogP contribution in [0.1, 0.15) is 33.1 Å². The lowest BCUT2D eigenvalue weighted by atomic mass is 10.1. The van der Waals surface area contributed by atoms with Crippen LogP contribution in [0.15, 0.2) is 0 Å². The Morgan fingerprint density at radius 2 is 2.40 bits per heavy atom. The van der Waals surface area contributed by atoms with Crippen molar-refractivity contribution in [2.75, 3.05) is 0 Å². The van der Waals surface area contributed by atoms with Crippen molar-refractivity contribution in [1.82, 2.24) is 0 Å². The highest BCUT2D eigenvalue weighted by Crippen LogP contribution is 2.30. The van der Waals surface area contributed by atoms with Gasteiger partial charge in [-0.25, -0.2) is 0 Å². The Balaban J connectivity index is 2.38. The molecule has 0 bridgehead atoms. The van der Waals surface area contributed by atoms with Crippen LogP contribution in [-0.4, -0.2) is 11.7 Å². The highest BCUT2D eigenvalue weighted by Gasteiger charge is 2.30. The van der Waals surface area contributed by atoms with E-state index in [9.17, 15) is 0 Å². The molecule has 2 heteroatoms. The van der Waals surface area contributed by atoms with E-state index >= 15 is 0 Å². The number of nitrogens with zero attached hydrogens (tertiary/aromatic N) is 1. The Morgan fingerprint density at radius 1 is 1.70 bits per heavy atom. The Morgan fingerprint density at radius 3 is 2.80 bits per heavy atom. The molecule has 1 aliphatic heterocycles. The summed E-state index contributed by atoms with van der Waals surface area (Å²) in [4.78, 5) is 0. The molecule has 2 nitrogen and oxygen atoms in total. The molecule has 1 rings (SSSR count). The van der Waals surface area contributed by atoms with Crippen LogP contribution in [-0.2, 0) is 4.74 Å². The van der Waals surface area contributed by atoms with Gasteiger partial charge in [0.15, 0.2) is 0 Å². The maximum Gasteiger partial charge on any atom is 0.0713 e. The van der Waals surface area contributed by atoms with E-state index in [-0.39, 0.29) is 11.7 Å². The fourth-order valence-electron chi connectivity index (χ4n) is 1.32. The molecule has 0 aromatic rings. The number of nitriles is 1. The molecule has 0 spiro atoms. The van der Waals surface area contributed by atoms with Crippen molar-refractivity contribution in [3.8, 4) is 6.07 Å². The molecule has 0 radical (unpaired) electrons. The quantitative estimate of drug-likeness (QED) is 0.555. The molecule has 0 aromatic carbocycles. The highest BCUT2D eigenvalue weighted by molar-refractivity contribution is 4.86. The van der Waals surface area contributed by atoms with Crippen molar-refractivity contribution in [2.45, 2.75) is 44.8 Å². The fourth-order valence-corrected chi connectivity index (χ4v) is 1.32. The summed E-state index contributed by atoms with van der Waals surface area (Å²) < 4.78 is 5.57. The summed E-state index contributed by atoms with van der Waals surface area (Å²) in [6, 6.07) is 2.12. The average Bonchev–Trinajstić information content (AvgIpc) is 2.12. The summed E-state index contributed by atoms with van der Waals surface area (Å²) in [5.74, 6) is 0. The minimum absolute atomic E-state index is 0.0154. The van der Waals surface area contributed by atoms with E-state index in [1.807, 2.05) is 0 Å². The van der Waals surface area contributed by atoms with Gasteiger partial charge in [0, 0.05) is 0 Å². The van der Waals surface area contributed by atoms with Gasteiger partial charge in [-0.1, -0.05) is 0 Å². The van der Waals surface area contributed by atoms with Crippen molar-refractivity contribution in [1.29, 1.82) is 5.26 Å². The van der Waals surface area contributed by atoms with Crippen LogP contribution in [0.3, 0.4) is 0 Å². The lowest BCUT2D eigenvalue weighted by Crippen LogP contribution is -2.19. The molecule has 1 fully saturated rings. The Kier molecular flexibility index (Phi) is 1.96. The molecule has 0 saturated carbocycles. The van der Waals surface area contributed by atoms with E-state index in [1.165, 1.54) is 0 Å². The third kappa shape index (κ3) is 1.71. The van der Waals surface area contributed by atoms with Gasteiger partial charge in [-0.3, -0.25) is 0 Å². The number of hydrogen-bond acceptors (Lipinski definition) is 2. The zero-order valence-corrected chi connectivity index (χ0v) is 6.55. The third-order valence-electron chi connectivity index (χ3n) is 1.87. The molecule has 1 atom stereocenters. The fraction of sp³-hybridized carbons (Fsp3) is 0.875. The molecule has 0 N–H and O–H groups in total. The maximum atomic E-state index is 8.37. The zero-order chi connectivity index (χ0) is 7.61. The largest absolute Gasteiger partial charge is 0.371 e. The van der Waals surface area contributed by atoms with Gasteiger partial charge in [0.2, 0.25) is 0 Å². The molecule has 1 aliphatic rings. The Hall–Kier alpha value is -0.550. The lowest BCUT2D eigenvalue weighted by Gasteiger charge is -2.17. The number of hydrogen-bond donors (Lipinski definition) is 0. The summed E-state index contributed by atoms with van der Waals surface area (Å²) in [5.41, 5.74) is 0.0154. The number of rotatable bonds is 1. The second-order valence-corrected chi connectivity index (χ2v) is 3.40. The van der Waals surface area contributed by atoms with Gasteiger partial charge in [0.25, 0.3) is 0 Å². The molecule has 0 aliphatic carbocycles. The van der Waals surface area contributed by atoms with E-state index in [0.29, 0.717) is 6.42 Å². The first-order valence-corrected chi connectivity index (χ1v) is 3.69. The molecule has 0 aromatic heterocycles. The SMILES string of the molecule is CC1(C)CCC(CC#N)O1. The van der Waals surface area contributed by atoms with Crippen molar-refractivity contribution in [2.24, 2.45) is 0 Å². The topological polar surface area (TPSA) is 33.0 Å². The Bertz CT molecular complexity index is 157. The normalized spacial score (nSPS) is 29.9. The smallest absolute Gasteiger partial charge is 0.0713 e. The summed E-state index contributed by atoms with van der Waals surface area (Å²) in [7, 11) is 0. The molecular formula is C8H13NO. The number of ether oxygens (including phenoxy) is 1. The van der Waals surface area contributed by atoms with Crippen molar-refractivity contribution in [3.05, 3.63) is 0 Å². The van der Waals surface area contributed by atoms with Crippen LogP contribution in [0.4, 0.5) is 0 Å². The second kappa shape index (κ2) is 2.59.